The first-order valence-electron chi connectivity index (χ1n) is 7.43. The molecule has 0 aliphatic rings. The number of ether oxygens (including phenoxy) is 2. The first-order valence-corrected chi connectivity index (χ1v) is 8.91. The van der Waals surface area contributed by atoms with Gasteiger partial charge in [-0.1, -0.05) is 6.07 Å². The zero-order chi connectivity index (χ0) is 19.3. The van der Waals surface area contributed by atoms with Gasteiger partial charge in [-0.05, 0) is 36.2 Å². The SMILES string of the molecule is COc1ccc(CCNS(=O)(=O)c2ccc(F)c([N+](=O)[O-])c2)cc1OC. The number of nitrogens with one attached hydrogen (secondary N) is 1. The van der Waals surface area contributed by atoms with Crippen LogP contribution in [0.15, 0.2) is 41.3 Å². The molecule has 0 unspecified atom stereocenters. The molecule has 2 aromatic carbocycles. The summed E-state index contributed by atoms with van der Waals surface area (Å²) in [7, 11) is -1.01. The number of nitrogens with zero attached hydrogens (tertiary/aromatic N) is 1. The highest BCUT2D eigenvalue weighted by Gasteiger charge is 2.21. The summed E-state index contributed by atoms with van der Waals surface area (Å²) in [6, 6.07) is 7.59. The summed E-state index contributed by atoms with van der Waals surface area (Å²) in [5, 5.41) is 10.7. The van der Waals surface area contributed by atoms with Crippen LogP contribution in [0.3, 0.4) is 0 Å². The Morgan fingerprint density at radius 3 is 2.42 bits per heavy atom. The summed E-state index contributed by atoms with van der Waals surface area (Å²) < 4.78 is 50.4. The predicted molar refractivity (Wildman–Crippen MR) is 91.5 cm³/mol. The lowest BCUT2D eigenvalue weighted by molar-refractivity contribution is -0.387. The number of halogens is 1. The molecule has 2 rings (SSSR count). The molecule has 1 N–H and O–H groups in total. The van der Waals surface area contributed by atoms with Crippen LogP contribution in [-0.2, 0) is 16.4 Å². The first kappa shape index (κ1) is 19.6. The second-order valence-corrected chi connectivity index (χ2v) is 6.97. The number of rotatable bonds is 8. The van der Waals surface area contributed by atoms with Gasteiger partial charge < -0.3 is 9.47 Å². The third-order valence-electron chi connectivity index (χ3n) is 3.58. The van der Waals surface area contributed by atoms with Gasteiger partial charge in [-0.25, -0.2) is 13.1 Å². The van der Waals surface area contributed by atoms with Crippen LogP contribution in [0, 0.1) is 15.9 Å². The molecule has 0 aromatic heterocycles. The fourth-order valence-corrected chi connectivity index (χ4v) is 3.30. The van der Waals surface area contributed by atoms with E-state index in [1.54, 1.807) is 18.2 Å². The minimum absolute atomic E-state index is 0.0446. The van der Waals surface area contributed by atoms with Gasteiger partial charge in [0.2, 0.25) is 15.8 Å². The molecular formula is C16H17FN2O6S. The number of sulfonamides is 1. The molecule has 0 amide bonds. The minimum atomic E-state index is -4.01. The molecule has 0 fully saturated rings. The fraction of sp³-hybridized carbons (Fsp3) is 0.250. The molecule has 8 nitrogen and oxygen atoms in total. The molecule has 0 aliphatic heterocycles. The molecule has 26 heavy (non-hydrogen) atoms. The smallest absolute Gasteiger partial charge is 0.306 e. The Kier molecular flexibility index (Phi) is 6.11. The third-order valence-corrected chi connectivity index (χ3v) is 5.04. The highest BCUT2D eigenvalue weighted by atomic mass is 32.2. The highest BCUT2D eigenvalue weighted by Crippen LogP contribution is 2.27. The van der Waals surface area contributed by atoms with E-state index in [0.717, 1.165) is 17.7 Å². The van der Waals surface area contributed by atoms with Crippen molar-refractivity contribution in [2.45, 2.75) is 11.3 Å². The standard InChI is InChI=1S/C16H17FN2O6S/c1-24-15-6-3-11(9-16(15)25-2)7-8-18-26(22,23)12-4-5-13(17)14(10-12)19(20)21/h3-6,9-10,18H,7-8H2,1-2H3. The van der Waals surface area contributed by atoms with Gasteiger partial charge in [0.05, 0.1) is 24.0 Å². The van der Waals surface area contributed by atoms with E-state index in [0.29, 0.717) is 24.0 Å². The average molecular weight is 384 g/mol. The quantitative estimate of drug-likeness (QED) is 0.553. The lowest BCUT2D eigenvalue weighted by atomic mass is 10.1. The maximum absolute atomic E-state index is 13.3. The fourth-order valence-electron chi connectivity index (χ4n) is 2.25. The zero-order valence-electron chi connectivity index (χ0n) is 14.1. The topological polar surface area (TPSA) is 108 Å². The van der Waals surface area contributed by atoms with Crippen LogP contribution in [-0.4, -0.2) is 34.1 Å². The molecule has 0 radical (unpaired) electrons. The molecule has 0 atom stereocenters. The van der Waals surface area contributed by atoms with Crippen LogP contribution < -0.4 is 14.2 Å². The van der Waals surface area contributed by atoms with Gasteiger partial charge in [0.25, 0.3) is 0 Å². The van der Waals surface area contributed by atoms with E-state index in [-0.39, 0.29) is 11.4 Å². The summed E-state index contributed by atoms with van der Waals surface area (Å²) in [6.07, 6.45) is 0.350. The maximum Gasteiger partial charge on any atom is 0.306 e. The summed E-state index contributed by atoms with van der Waals surface area (Å²) in [6.45, 7) is 0.0446. The molecule has 0 spiro atoms. The number of nitro benzene ring substituents is 1. The van der Waals surface area contributed by atoms with E-state index >= 15 is 0 Å². The van der Waals surface area contributed by atoms with Crippen molar-refractivity contribution in [3.63, 3.8) is 0 Å². The number of benzene rings is 2. The van der Waals surface area contributed by atoms with E-state index in [1.807, 2.05) is 0 Å². The average Bonchev–Trinajstić information content (AvgIpc) is 2.61. The Bertz CT molecular complexity index is 917. The monoisotopic (exact) mass is 384 g/mol. The van der Waals surface area contributed by atoms with Crippen molar-refractivity contribution in [1.29, 1.82) is 0 Å². The van der Waals surface area contributed by atoms with Crippen molar-refractivity contribution in [3.8, 4) is 11.5 Å². The minimum Gasteiger partial charge on any atom is -0.493 e. The van der Waals surface area contributed by atoms with Gasteiger partial charge in [0, 0.05) is 12.6 Å². The van der Waals surface area contributed by atoms with Crippen LogP contribution in [0.25, 0.3) is 0 Å². The van der Waals surface area contributed by atoms with E-state index in [9.17, 15) is 22.9 Å². The van der Waals surface area contributed by atoms with E-state index < -0.39 is 26.5 Å². The van der Waals surface area contributed by atoms with Gasteiger partial charge in [-0.2, -0.15) is 4.39 Å². The first-order chi connectivity index (χ1) is 12.3. The highest BCUT2D eigenvalue weighted by molar-refractivity contribution is 7.89. The van der Waals surface area contributed by atoms with Crippen molar-refractivity contribution >= 4 is 15.7 Å². The normalized spacial score (nSPS) is 11.2. The van der Waals surface area contributed by atoms with E-state index in [1.165, 1.54) is 14.2 Å². The summed E-state index contributed by atoms with van der Waals surface area (Å²) in [4.78, 5) is 9.39. The molecular weight excluding hydrogens is 367 g/mol. The van der Waals surface area contributed by atoms with Gasteiger partial charge in [0.15, 0.2) is 11.5 Å². The molecule has 10 heteroatoms. The summed E-state index contributed by atoms with van der Waals surface area (Å²) in [5.74, 6) is -0.0308. The number of methoxy groups -OCH3 is 2. The lowest BCUT2D eigenvalue weighted by Crippen LogP contribution is -2.26. The molecule has 0 heterocycles. The van der Waals surface area contributed by atoms with E-state index in [4.69, 9.17) is 9.47 Å². The molecule has 0 saturated heterocycles. The number of hydrogen-bond acceptors (Lipinski definition) is 6. The summed E-state index contributed by atoms with van der Waals surface area (Å²) >= 11 is 0. The van der Waals surface area contributed by atoms with Crippen LogP contribution in [0.2, 0.25) is 0 Å². The van der Waals surface area contributed by atoms with Crippen molar-refractivity contribution in [2.24, 2.45) is 0 Å². The van der Waals surface area contributed by atoms with Crippen LogP contribution >= 0.6 is 0 Å². The maximum atomic E-state index is 13.3. The largest absolute Gasteiger partial charge is 0.493 e. The Morgan fingerprint density at radius 1 is 1.12 bits per heavy atom. The zero-order valence-corrected chi connectivity index (χ0v) is 14.9. The number of nitro groups is 1. The predicted octanol–water partition coefficient (Wildman–Crippen LogP) is 2.27. The molecule has 0 bridgehead atoms. The van der Waals surface area contributed by atoms with Crippen molar-refractivity contribution in [1.82, 2.24) is 4.72 Å². The van der Waals surface area contributed by atoms with Crippen molar-refractivity contribution in [2.75, 3.05) is 20.8 Å². The van der Waals surface area contributed by atoms with Gasteiger partial charge in [-0.3, -0.25) is 10.1 Å². The van der Waals surface area contributed by atoms with Gasteiger partial charge in [0.1, 0.15) is 0 Å². The van der Waals surface area contributed by atoms with Crippen LogP contribution in [0.4, 0.5) is 10.1 Å². The molecule has 0 saturated carbocycles. The van der Waals surface area contributed by atoms with Crippen LogP contribution in [0.1, 0.15) is 5.56 Å². The number of hydrogen-bond donors (Lipinski definition) is 1. The van der Waals surface area contributed by atoms with E-state index in [2.05, 4.69) is 4.72 Å². The second kappa shape index (κ2) is 8.11. The van der Waals surface area contributed by atoms with Crippen molar-refractivity contribution in [3.05, 3.63) is 57.9 Å². The molecule has 140 valence electrons. The molecule has 0 aliphatic carbocycles. The van der Waals surface area contributed by atoms with Crippen molar-refractivity contribution < 1.29 is 27.2 Å². The third kappa shape index (κ3) is 4.46. The molecule has 2 aromatic rings. The Labute approximate surface area is 149 Å². The Balaban J connectivity index is 2.09. The van der Waals surface area contributed by atoms with Gasteiger partial charge >= 0.3 is 5.69 Å². The Morgan fingerprint density at radius 2 is 1.81 bits per heavy atom. The Hall–Kier alpha value is -2.72. The van der Waals surface area contributed by atoms with Crippen LogP contribution in [0.5, 0.6) is 11.5 Å². The summed E-state index contributed by atoms with van der Waals surface area (Å²) in [5.41, 5.74) is -0.0943. The van der Waals surface area contributed by atoms with Gasteiger partial charge in [-0.15, -0.1) is 0 Å². The second-order valence-electron chi connectivity index (χ2n) is 5.21. The lowest BCUT2D eigenvalue weighted by Gasteiger charge is -2.10.